The highest BCUT2D eigenvalue weighted by Gasteiger charge is 2.35. The van der Waals surface area contributed by atoms with Crippen LogP contribution >= 0.6 is 0 Å². The van der Waals surface area contributed by atoms with E-state index < -0.39 is 28.6 Å². The van der Waals surface area contributed by atoms with Gasteiger partial charge in [0.15, 0.2) is 0 Å². The lowest BCUT2D eigenvalue weighted by molar-refractivity contribution is -0.384. The normalized spacial score (nSPS) is 12.2. The number of nitrogens with zero attached hydrogens (tertiary/aromatic N) is 2. The van der Waals surface area contributed by atoms with Crippen molar-refractivity contribution in [2.24, 2.45) is 0 Å². The van der Waals surface area contributed by atoms with Crippen molar-refractivity contribution in [1.82, 2.24) is 4.90 Å². The first kappa shape index (κ1) is 24.9. The minimum atomic E-state index is -1.23. The van der Waals surface area contributed by atoms with Crippen molar-refractivity contribution >= 4 is 40.8 Å². The molecule has 0 fully saturated rings. The molecule has 1 heterocycles. The summed E-state index contributed by atoms with van der Waals surface area (Å²) in [5.41, 5.74) is 0.108. The average molecular weight is 504 g/mol. The summed E-state index contributed by atoms with van der Waals surface area (Å²) >= 11 is 0. The second-order valence-electron chi connectivity index (χ2n) is 7.90. The third-order valence-electron chi connectivity index (χ3n) is 5.68. The van der Waals surface area contributed by atoms with Crippen LogP contribution in [0.5, 0.6) is 5.75 Å². The molecule has 12 heteroatoms. The molecule has 1 aliphatic rings. The lowest BCUT2D eigenvalue weighted by atomic mass is 10.1. The molecule has 37 heavy (non-hydrogen) atoms. The fourth-order valence-corrected chi connectivity index (χ4v) is 3.85. The first-order chi connectivity index (χ1) is 17.7. The molecule has 0 saturated carbocycles. The predicted molar refractivity (Wildman–Crippen MR) is 131 cm³/mol. The van der Waals surface area contributed by atoms with Crippen molar-refractivity contribution in [1.29, 1.82) is 0 Å². The quantitative estimate of drug-likeness (QED) is 0.225. The maximum atomic E-state index is 12.7. The Morgan fingerprint density at radius 2 is 1.68 bits per heavy atom. The van der Waals surface area contributed by atoms with E-state index in [2.05, 4.69) is 10.6 Å². The van der Waals surface area contributed by atoms with E-state index in [9.17, 15) is 29.3 Å². The second-order valence-corrected chi connectivity index (χ2v) is 7.90. The number of rotatable bonds is 9. The smallest absolute Gasteiger partial charge is 0.335 e. The van der Waals surface area contributed by atoms with Gasteiger partial charge in [0.25, 0.3) is 23.4 Å². The van der Waals surface area contributed by atoms with E-state index in [1.165, 1.54) is 31.4 Å². The van der Waals surface area contributed by atoms with Crippen molar-refractivity contribution in [3.63, 3.8) is 0 Å². The molecule has 3 N–H and O–H groups in total. The monoisotopic (exact) mass is 504 g/mol. The molecular weight excluding hydrogens is 484 g/mol. The van der Waals surface area contributed by atoms with Gasteiger partial charge < -0.3 is 20.5 Å². The molecule has 0 bridgehead atoms. The summed E-state index contributed by atoms with van der Waals surface area (Å²) in [6.45, 7) is -0.146. The number of carbonyl (C=O) groups is 4. The molecule has 0 unspecified atom stereocenters. The van der Waals surface area contributed by atoms with Crippen molar-refractivity contribution in [3.8, 4) is 5.75 Å². The molecule has 1 aliphatic heterocycles. The van der Waals surface area contributed by atoms with Crippen LogP contribution in [0.25, 0.3) is 0 Å². The molecule has 0 saturated heterocycles. The van der Waals surface area contributed by atoms with E-state index >= 15 is 0 Å². The zero-order valence-electron chi connectivity index (χ0n) is 19.4. The average Bonchev–Trinajstić information content (AvgIpc) is 3.13. The maximum Gasteiger partial charge on any atom is 0.335 e. The Kier molecular flexibility index (Phi) is 6.82. The van der Waals surface area contributed by atoms with Gasteiger partial charge in [-0.1, -0.05) is 12.1 Å². The Morgan fingerprint density at radius 1 is 0.973 bits per heavy atom. The SMILES string of the molecule is COc1ccccc1NC(=O)c1ccc(NCCN2C(=O)c3ccc(C(=O)O)cc3C2=O)c([N+](=O)[O-])c1. The molecular formula is C25H20N4O8. The van der Waals surface area contributed by atoms with Crippen LogP contribution in [0, 0.1) is 10.1 Å². The topological polar surface area (TPSA) is 168 Å². The summed E-state index contributed by atoms with van der Waals surface area (Å²) < 4.78 is 5.19. The number of carboxylic acids is 1. The van der Waals surface area contributed by atoms with Crippen molar-refractivity contribution in [3.05, 3.63) is 93.0 Å². The molecule has 0 aromatic heterocycles. The highest BCUT2D eigenvalue weighted by Crippen LogP contribution is 2.28. The summed E-state index contributed by atoms with van der Waals surface area (Å²) in [5, 5.41) is 26.2. The molecule has 0 radical (unpaired) electrons. The summed E-state index contributed by atoms with van der Waals surface area (Å²) in [5.74, 6) is -2.61. The Morgan fingerprint density at radius 3 is 2.38 bits per heavy atom. The Balaban J connectivity index is 1.45. The van der Waals surface area contributed by atoms with Gasteiger partial charge in [-0.25, -0.2) is 4.79 Å². The summed E-state index contributed by atoms with van der Waals surface area (Å²) in [7, 11) is 1.45. The van der Waals surface area contributed by atoms with E-state index in [1.54, 1.807) is 24.3 Å². The second kappa shape index (κ2) is 10.2. The number of carboxylic acid groups (broad SMARTS) is 1. The van der Waals surface area contributed by atoms with Crippen LogP contribution in [-0.2, 0) is 0 Å². The third kappa shape index (κ3) is 4.93. The molecule has 0 spiro atoms. The predicted octanol–water partition coefficient (Wildman–Crippen LogP) is 3.26. The molecule has 0 aliphatic carbocycles. The highest BCUT2D eigenvalue weighted by atomic mass is 16.6. The number of anilines is 2. The number of hydrogen-bond acceptors (Lipinski definition) is 8. The molecule has 3 amide bonds. The number of benzene rings is 3. The summed E-state index contributed by atoms with van der Waals surface area (Å²) in [4.78, 5) is 61.0. The zero-order chi connectivity index (χ0) is 26.7. The standard InChI is InChI=1S/C25H20N4O8/c1-37-21-5-3-2-4-19(21)27-22(30)14-7-9-18(20(13-14)29(35)36)26-10-11-28-23(31)16-8-6-15(25(33)34)12-17(16)24(28)32/h2-9,12-13,26H,10-11H2,1H3,(H,27,30)(H,33,34). The lowest BCUT2D eigenvalue weighted by Gasteiger charge is -2.15. The molecule has 12 nitrogen and oxygen atoms in total. The minimum absolute atomic E-state index is 0.0127. The van der Waals surface area contributed by atoms with Gasteiger partial charge in [0, 0.05) is 24.7 Å². The number of nitrogens with one attached hydrogen (secondary N) is 2. The number of hydrogen-bond donors (Lipinski definition) is 3. The number of methoxy groups -OCH3 is 1. The number of aromatic carboxylic acids is 1. The van der Waals surface area contributed by atoms with Crippen LogP contribution in [-0.4, -0.2) is 58.8 Å². The molecule has 4 rings (SSSR count). The number of imide groups is 1. The first-order valence-corrected chi connectivity index (χ1v) is 10.9. The van der Waals surface area contributed by atoms with Gasteiger partial charge in [-0.05, 0) is 42.5 Å². The number of para-hydroxylation sites is 2. The Labute approximate surface area is 209 Å². The molecule has 3 aromatic rings. The minimum Gasteiger partial charge on any atom is -0.495 e. The Hall–Kier alpha value is -5.26. The van der Waals surface area contributed by atoms with Crippen molar-refractivity contribution in [2.45, 2.75) is 0 Å². The van der Waals surface area contributed by atoms with Crippen LogP contribution < -0.4 is 15.4 Å². The van der Waals surface area contributed by atoms with Crippen LogP contribution in [0.4, 0.5) is 17.1 Å². The zero-order valence-corrected chi connectivity index (χ0v) is 19.4. The fourth-order valence-electron chi connectivity index (χ4n) is 3.85. The van der Waals surface area contributed by atoms with Gasteiger partial charge in [0.05, 0.1) is 34.4 Å². The maximum absolute atomic E-state index is 12.7. The fraction of sp³-hybridized carbons (Fsp3) is 0.120. The van der Waals surface area contributed by atoms with E-state index in [0.29, 0.717) is 11.4 Å². The number of amides is 3. The van der Waals surface area contributed by atoms with Crippen LogP contribution in [0.2, 0.25) is 0 Å². The lowest BCUT2D eigenvalue weighted by Crippen LogP contribution is -2.34. The van der Waals surface area contributed by atoms with Crippen LogP contribution in [0.1, 0.15) is 41.4 Å². The van der Waals surface area contributed by atoms with Crippen LogP contribution in [0.15, 0.2) is 60.7 Å². The molecule has 188 valence electrons. The first-order valence-electron chi connectivity index (χ1n) is 10.9. The number of ether oxygens (including phenoxy) is 1. The van der Waals surface area contributed by atoms with Crippen molar-refractivity contribution < 1.29 is 33.9 Å². The van der Waals surface area contributed by atoms with Gasteiger partial charge in [-0.3, -0.25) is 29.4 Å². The van der Waals surface area contributed by atoms with Gasteiger partial charge in [-0.2, -0.15) is 0 Å². The molecule has 0 atom stereocenters. The van der Waals surface area contributed by atoms with Crippen molar-refractivity contribution in [2.75, 3.05) is 30.8 Å². The van der Waals surface area contributed by atoms with Gasteiger partial charge >= 0.3 is 5.97 Å². The number of nitro groups is 1. The number of carbonyl (C=O) groups excluding carboxylic acids is 3. The molecule has 3 aromatic carbocycles. The van der Waals surface area contributed by atoms with Crippen LogP contribution in [0.3, 0.4) is 0 Å². The summed E-state index contributed by atoms with van der Waals surface area (Å²) in [6.07, 6.45) is 0. The number of nitro benzene ring substituents is 1. The summed E-state index contributed by atoms with van der Waals surface area (Å²) in [6, 6.07) is 14.3. The van der Waals surface area contributed by atoms with E-state index in [4.69, 9.17) is 9.84 Å². The largest absolute Gasteiger partial charge is 0.495 e. The highest BCUT2D eigenvalue weighted by molar-refractivity contribution is 6.22. The van der Waals surface area contributed by atoms with E-state index in [0.717, 1.165) is 17.0 Å². The third-order valence-corrected chi connectivity index (χ3v) is 5.68. The Bertz CT molecular complexity index is 1450. The van der Waals surface area contributed by atoms with Gasteiger partial charge in [0.2, 0.25) is 0 Å². The van der Waals surface area contributed by atoms with Gasteiger partial charge in [0.1, 0.15) is 11.4 Å². The van der Waals surface area contributed by atoms with E-state index in [-0.39, 0.29) is 46.7 Å². The number of fused-ring (bicyclic) bond motifs is 1. The van der Waals surface area contributed by atoms with Gasteiger partial charge in [-0.15, -0.1) is 0 Å². The van der Waals surface area contributed by atoms with E-state index in [1.807, 2.05) is 0 Å².